The molecule has 0 radical (unpaired) electrons. The van der Waals surface area contributed by atoms with Gasteiger partial charge in [0, 0.05) is 39.1 Å². The van der Waals surface area contributed by atoms with Crippen molar-refractivity contribution in [3.63, 3.8) is 0 Å². The van der Waals surface area contributed by atoms with Crippen molar-refractivity contribution in [1.82, 2.24) is 10.2 Å². The number of nitrogens with one attached hydrogen (secondary N) is 1. The van der Waals surface area contributed by atoms with Crippen LogP contribution in [0.5, 0.6) is 5.75 Å². The van der Waals surface area contributed by atoms with E-state index >= 15 is 0 Å². The average molecular weight is 348 g/mol. The molecule has 0 atom stereocenters. The van der Waals surface area contributed by atoms with Crippen LogP contribution in [0.15, 0.2) is 24.3 Å². The first-order valence-corrected chi connectivity index (χ1v) is 8.81. The zero-order chi connectivity index (χ0) is 18.1. The van der Waals surface area contributed by atoms with E-state index in [2.05, 4.69) is 16.3 Å². The fourth-order valence-corrected chi connectivity index (χ4v) is 3.04. The molecule has 0 aliphatic carbocycles. The molecule has 1 aromatic rings. The number of carbonyl (C=O) groups excluding carboxylic acids is 2. The molecule has 0 bridgehead atoms. The Morgan fingerprint density at radius 1 is 1.12 bits per heavy atom. The van der Waals surface area contributed by atoms with Crippen LogP contribution >= 0.6 is 0 Å². The molecule has 2 rings (SSSR count). The molecule has 1 aliphatic heterocycles. The molecule has 25 heavy (non-hydrogen) atoms. The number of unbranched alkanes of at least 4 members (excludes halogenated alkanes) is 2. The number of rotatable bonds is 8. The Morgan fingerprint density at radius 3 is 2.52 bits per heavy atom. The summed E-state index contributed by atoms with van der Waals surface area (Å²) in [5.74, 6) is 1.08. The number of anilines is 1. The molecule has 1 fully saturated rings. The molecular weight excluding hydrogens is 320 g/mol. The molecule has 7 nitrogen and oxygen atoms in total. The molecule has 3 amide bonds. The van der Waals surface area contributed by atoms with Gasteiger partial charge in [-0.3, -0.25) is 4.79 Å². The summed E-state index contributed by atoms with van der Waals surface area (Å²) in [6.45, 7) is 3.67. The maximum atomic E-state index is 12.3. The van der Waals surface area contributed by atoms with Crippen LogP contribution in [0.4, 0.5) is 10.5 Å². The van der Waals surface area contributed by atoms with Gasteiger partial charge in [0.2, 0.25) is 5.91 Å². The number of benzene rings is 1. The number of ether oxygens (including phenoxy) is 1. The number of para-hydroxylation sites is 2. The van der Waals surface area contributed by atoms with Gasteiger partial charge in [0.05, 0.1) is 12.8 Å². The second-order valence-corrected chi connectivity index (χ2v) is 6.14. The highest BCUT2D eigenvalue weighted by Gasteiger charge is 2.22. The van der Waals surface area contributed by atoms with Crippen molar-refractivity contribution in [2.75, 3.05) is 44.7 Å². The number of hydrogen-bond acceptors (Lipinski definition) is 4. The summed E-state index contributed by atoms with van der Waals surface area (Å²) in [4.78, 5) is 27.1. The number of methoxy groups -OCH3 is 1. The topological polar surface area (TPSA) is 87.9 Å². The smallest absolute Gasteiger partial charge is 0.312 e. The Kier molecular flexibility index (Phi) is 7.37. The predicted molar refractivity (Wildman–Crippen MR) is 97.8 cm³/mol. The van der Waals surface area contributed by atoms with E-state index in [1.54, 1.807) is 7.11 Å². The fraction of sp³-hybridized carbons (Fsp3) is 0.556. The van der Waals surface area contributed by atoms with Gasteiger partial charge >= 0.3 is 6.03 Å². The van der Waals surface area contributed by atoms with Crippen molar-refractivity contribution >= 4 is 17.6 Å². The van der Waals surface area contributed by atoms with Crippen LogP contribution in [0, 0.1) is 0 Å². The van der Waals surface area contributed by atoms with Crippen molar-refractivity contribution in [3.05, 3.63) is 24.3 Å². The monoisotopic (exact) mass is 348 g/mol. The normalized spacial score (nSPS) is 14.3. The van der Waals surface area contributed by atoms with Crippen molar-refractivity contribution in [2.24, 2.45) is 5.73 Å². The van der Waals surface area contributed by atoms with Crippen molar-refractivity contribution < 1.29 is 14.3 Å². The van der Waals surface area contributed by atoms with Crippen LogP contribution in [-0.4, -0.2) is 56.7 Å². The minimum absolute atomic E-state index is 0.211. The summed E-state index contributed by atoms with van der Waals surface area (Å²) in [7, 11) is 1.68. The minimum Gasteiger partial charge on any atom is -0.495 e. The van der Waals surface area contributed by atoms with E-state index in [1.807, 2.05) is 23.1 Å². The van der Waals surface area contributed by atoms with Gasteiger partial charge in [-0.2, -0.15) is 0 Å². The summed E-state index contributed by atoms with van der Waals surface area (Å²) in [6.07, 6.45) is 3.15. The van der Waals surface area contributed by atoms with Crippen LogP contribution < -0.4 is 20.7 Å². The molecule has 138 valence electrons. The van der Waals surface area contributed by atoms with E-state index in [0.29, 0.717) is 13.0 Å². The minimum atomic E-state index is -0.496. The van der Waals surface area contributed by atoms with Gasteiger partial charge in [0.1, 0.15) is 5.75 Å². The molecule has 3 N–H and O–H groups in total. The highest BCUT2D eigenvalue weighted by atomic mass is 16.5. The van der Waals surface area contributed by atoms with Crippen molar-refractivity contribution in [2.45, 2.75) is 25.7 Å². The lowest BCUT2D eigenvalue weighted by atomic mass is 10.1. The molecule has 1 aliphatic rings. The van der Waals surface area contributed by atoms with Gasteiger partial charge in [-0.25, -0.2) is 4.79 Å². The number of nitrogens with zero attached hydrogens (tertiary/aromatic N) is 2. The second kappa shape index (κ2) is 9.76. The maximum absolute atomic E-state index is 12.3. The zero-order valence-corrected chi connectivity index (χ0v) is 14.9. The summed E-state index contributed by atoms with van der Waals surface area (Å²) >= 11 is 0. The summed E-state index contributed by atoms with van der Waals surface area (Å²) in [5.41, 5.74) is 6.08. The Labute approximate surface area is 149 Å². The summed E-state index contributed by atoms with van der Waals surface area (Å²) in [5, 5.41) is 2.55. The number of urea groups is 1. The van der Waals surface area contributed by atoms with E-state index in [4.69, 9.17) is 10.5 Å². The molecule has 7 heteroatoms. The maximum Gasteiger partial charge on any atom is 0.312 e. The third kappa shape index (κ3) is 5.85. The number of hydrogen-bond donors (Lipinski definition) is 2. The van der Waals surface area contributed by atoms with Crippen LogP contribution in [0.2, 0.25) is 0 Å². The molecule has 0 saturated carbocycles. The van der Waals surface area contributed by atoms with E-state index < -0.39 is 6.03 Å². The lowest BCUT2D eigenvalue weighted by Crippen LogP contribution is -2.48. The standard InChI is InChI=1S/C18H28N4O3/c1-25-16-8-5-4-7-15(16)21-11-13-22(14-12-21)17(23)9-3-2-6-10-20-18(19)24/h4-5,7-8H,2-3,6,9-14H2,1H3,(H3,19,20,24). The largest absolute Gasteiger partial charge is 0.495 e. The fourth-order valence-electron chi connectivity index (χ4n) is 3.04. The molecular formula is C18H28N4O3. The van der Waals surface area contributed by atoms with Crippen LogP contribution in [0.1, 0.15) is 25.7 Å². The van der Waals surface area contributed by atoms with Crippen LogP contribution in [-0.2, 0) is 4.79 Å². The third-order valence-corrected chi connectivity index (χ3v) is 4.42. The van der Waals surface area contributed by atoms with Crippen molar-refractivity contribution in [3.8, 4) is 5.75 Å². The van der Waals surface area contributed by atoms with E-state index in [1.165, 1.54) is 0 Å². The lowest BCUT2D eigenvalue weighted by Gasteiger charge is -2.36. The number of carbonyl (C=O) groups is 2. The van der Waals surface area contributed by atoms with Crippen LogP contribution in [0.25, 0.3) is 0 Å². The van der Waals surface area contributed by atoms with E-state index in [9.17, 15) is 9.59 Å². The highest BCUT2D eigenvalue weighted by molar-refractivity contribution is 5.76. The van der Waals surface area contributed by atoms with Gasteiger partial charge in [-0.05, 0) is 25.0 Å². The first-order valence-electron chi connectivity index (χ1n) is 8.81. The quantitative estimate of drug-likeness (QED) is 0.698. The Balaban J connectivity index is 1.69. The van der Waals surface area contributed by atoms with Gasteiger partial charge < -0.3 is 25.6 Å². The molecule has 0 unspecified atom stereocenters. The number of amides is 3. The number of primary amides is 1. The molecule has 1 heterocycles. The van der Waals surface area contributed by atoms with Crippen LogP contribution in [0.3, 0.4) is 0 Å². The third-order valence-electron chi connectivity index (χ3n) is 4.42. The SMILES string of the molecule is COc1ccccc1N1CCN(C(=O)CCCCCNC(N)=O)CC1. The Hall–Kier alpha value is -2.44. The van der Waals surface area contributed by atoms with E-state index in [-0.39, 0.29) is 5.91 Å². The first kappa shape index (κ1) is 18.9. The zero-order valence-electron chi connectivity index (χ0n) is 14.9. The first-order chi connectivity index (χ1) is 12.1. The summed E-state index contributed by atoms with van der Waals surface area (Å²) in [6, 6.07) is 7.48. The number of nitrogens with two attached hydrogens (primary N) is 1. The summed E-state index contributed by atoms with van der Waals surface area (Å²) < 4.78 is 5.42. The Morgan fingerprint density at radius 2 is 1.84 bits per heavy atom. The Bertz CT molecular complexity index is 571. The van der Waals surface area contributed by atoms with Gasteiger partial charge in [0.15, 0.2) is 0 Å². The highest BCUT2D eigenvalue weighted by Crippen LogP contribution is 2.28. The second-order valence-electron chi connectivity index (χ2n) is 6.14. The average Bonchev–Trinajstić information content (AvgIpc) is 2.64. The van der Waals surface area contributed by atoms with E-state index in [0.717, 1.165) is 56.9 Å². The molecule has 1 saturated heterocycles. The number of piperazine rings is 1. The predicted octanol–water partition coefficient (Wildman–Crippen LogP) is 1.57. The van der Waals surface area contributed by atoms with Gasteiger partial charge in [-0.1, -0.05) is 18.6 Å². The van der Waals surface area contributed by atoms with Gasteiger partial charge in [0.25, 0.3) is 0 Å². The molecule has 1 aromatic carbocycles. The molecule has 0 aromatic heterocycles. The lowest BCUT2D eigenvalue weighted by molar-refractivity contribution is -0.131. The molecule has 0 spiro atoms. The van der Waals surface area contributed by atoms with Crippen molar-refractivity contribution in [1.29, 1.82) is 0 Å². The van der Waals surface area contributed by atoms with Gasteiger partial charge in [-0.15, -0.1) is 0 Å².